The van der Waals surface area contributed by atoms with Crippen molar-refractivity contribution in [3.63, 3.8) is 0 Å². The number of carbonyl (C=O) groups is 3. The van der Waals surface area contributed by atoms with E-state index >= 15 is 0 Å². The Morgan fingerprint density at radius 2 is 1.75 bits per heavy atom. The van der Waals surface area contributed by atoms with Crippen LogP contribution in [0.5, 0.6) is 0 Å². The molecular formula is C18H25BrN2O3. The van der Waals surface area contributed by atoms with E-state index in [0.717, 1.165) is 18.3 Å². The van der Waals surface area contributed by atoms with Gasteiger partial charge in [0.05, 0.1) is 0 Å². The Morgan fingerprint density at radius 3 is 2.33 bits per heavy atom. The number of hydrogen-bond acceptors (Lipinski definition) is 3. The first-order chi connectivity index (χ1) is 11.4. The Morgan fingerprint density at radius 1 is 1.12 bits per heavy atom. The fourth-order valence-electron chi connectivity index (χ4n) is 6.13. The minimum atomic E-state index is -0.114. The van der Waals surface area contributed by atoms with Gasteiger partial charge < -0.3 is 5.32 Å². The van der Waals surface area contributed by atoms with E-state index in [-0.39, 0.29) is 27.5 Å². The summed E-state index contributed by atoms with van der Waals surface area (Å²) < 4.78 is 0.270. The number of imide groups is 1. The Balaban J connectivity index is 1.30. The lowest BCUT2D eigenvalue weighted by molar-refractivity contribution is -0.139. The molecule has 1 heterocycles. The molecule has 132 valence electrons. The number of amides is 3. The van der Waals surface area contributed by atoms with Crippen LogP contribution in [-0.4, -0.2) is 40.0 Å². The molecule has 0 aromatic heterocycles. The lowest BCUT2D eigenvalue weighted by Crippen LogP contribution is -2.54. The van der Waals surface area contributed by atoms with E-state index in [0.29, 0.717) is 32.4 Å². The Hall–Kier alpha value is -0.910. The SMILES string of the molecule is O=C(CC12C[C@H]3C[C@@H](CC(Br)(C3)C1)C2)NCCN1C(=O)CCC1=O. The molecule has 0 radical (unpaired) electrons. The van der Waals surface area contributed by atoms with Crippen molar-refractivity contribution in [2.75, 3.05) is 13.1 Å². The quantitative estimate of drug-likeness (QED) is 0.572. The van der Waals surface area contributed by atoms with E-state index in [9.17, 15) is 14.4 Å². The lowest BCUT2D eigenvalue weighted by Gasteiger charge is -2.60. The normalized spacial score (nSPS) is 40.5. The lowest BCUT2D eigenvalue weighted by atomic mass is 9.48. The molecule has 4 saturated carbocycles. The fraction of sp³-hybridized carbons (Fsp3) is 0.833. The maximum atomic E-state index is 12.5. The number of nitrogens with zero attached hydrogens (tertiary/aromatic N) is 1. The van der Waals surface area contributed by atoms with E-state index in [2.05, 4.69) is 21.2 Å². The minimum Gasteiger partial charge on any atom is -0.354 e. The average Bonchev–Trinajstić information content (AvgIpc) is 2.75. The molecule has 5 rings (SSSR count). The molecule has 0 spiro atoms. The van der Waals surface area contributed by atoms with Gasteiger partial charge in [0.1, 0.15) is 0 Å². The van der Waals surface area contributed by atoms with Crippen LogP contribution in [0, 0.1) is 17.3 Å². The molecule has 5 nitrogen and oxygen atoms in total. The fourth-order valence-corrected chi connectivity index (χ4v) is 7.64. The van der Waals surface area contributed by atoms with Gasteiger partial charge in [-0.15, -0.1) is 0 Å². The van der Waals surface area contributed by atoms with Crippen molar-refractivity contribution >= 4 is 33.7 Å². The van der Waals surface area contributed by atoms with Gasteiger partial charge in [-0.05, 0) is 55.8 Å². The van der Waals surface area contributed by atoms with E-state index in [4.69, 9.17) is 0 Å². The molecule has 1 saturated heterocycles. The average molecular weight is 397 g/mol. The summed E-state index contributed by atoms with van der Waals surface area (Å²) in [6.45, 7) is 0.683. The third-order valence-corrected chi connectivity index (χ3v) is 7.39. The summed E-state index contributed by atoms with van der Waals surface area (Å²) >= 11 is 3.98. The van der Waals surface area contributed by atoms with Crippen LogP contribution < -0.4 is 5.32 Å². The minimum absolute atomic E-state index is 0.0761. The maximum Gasteiger partial charge on any atom is 0.229 e. The van der Waals surface area contributed by atoms with Gasteiger partial charge in [0.25, 0.3) is 0 Å². The van der Waals surface area contributed by atoms with E-state index in [1.165, 1.54) is 37.0 Å². The summed E-state index contributed by atoms with van der Waals surface area (Å²) in [5.41, 5.74) is 0.164. The van der Waals surface area contributed by atoms with Crippen molar-refractivity contribution in [3.8, 4) is 0 Å². The van der Waals surface area contributed by atoms with Crippen molar-refractivity contribution < 1.29 is 14.4 Å². The molecule has 24 heavy (non-hydrogen) atoms. The first-order valence-electron chi connectivity index (χ1n) is 9.15. The van der Waals surface area contributed by atoms with Crippen LogP contribution in [0.2, 0.25) is 0 Å². The van der Waals surface area contributed by atoms with Crippen LogP contribution in [-0.2, 0) is 14.4 Å². The highest BCUT2D eigenvalue weighted by molar-refractivity contribution is 9.10. The van der Waals surface area contributed by atoms with Crippen molar-refractivity contribution in [1.82, 2.24) is 10.2 Å². The number of nitrogens with one attached hydrogen (secondary N) is 1. The largest absolute Gasteiger partial charge is 0.354 e. The van der Waals surface area contributed by atoms with Gasteiger partial charge in [0, 0.05) is 36.7 Å². The highest BCUT2D eigenvalue weighted by Gasteiger charge is 2.57. The van der Waals surface area contributed by atoms with Crippen molar-refractivity contribution in [1.29, 1.82) is 0 Å². The van der Waals surface area contributed by atoms with Gasteiger partial charge >= 0.3 is 0 Å². The van der Waals surface area contributed by atoms with Gasteiger partial charge in [0.15, 0.2) is 0 Å². The molecule has 0 aromatic carbocycles. The topological polar surface area (TPSA) is 66.5 Å². The van der Waals surface area contributed by atoms with Crippen molar-refractivity contribution in [2.24, 2.45) is 17.3 Å². The van der Waals surface area contributed by atoms with E-state index in [1.807, 2.05) is 0 Å². The van der Waals surface area contributed by atoms with Crippen LogP contribution in [0.3, 0.4) is 0 Å². The van der Waals surface area contributed by atoms with Gasteiger partial charge in [-0.25, -0.2) is 0 Å². The zero-order valence-electron chi connectivity index (χ0n) is 14.0. The summed E-state index contributed by atoms with van der Waals surface area (Å²) in [6.07, 6.45) is 8.59. The molecule has 4 bridgehead atoms. The number of carbonyl (C=O) groups excluding carboxylic acids is 3. The molecule has 1 aliphatic heterocycles. The third-order valence-electron chi connectivity index (χ3n) is 6.46. The molecule has 6 heteroatoms. The number of alkyl halides is 1. The summed E-state index contributed by atoms with van der Waals surface area (Å²) in [6, 6.07) is 0. The van der Waals surface area contributed by atoms with Gasteiger partial charge in [-0.2, -0.15) is 0 Å². The molecule has 4 aliphatic carbocycles. The second kappa shape index (κ2) is 5.82. The van der Waals surface area contributed by atoms with Crippen molar-refractivity contribution in [3.05, 3.63) is 0 Å². The molecule has 1 N–H and O–H groups in total. The molecule has 3 amide bonds. The monoisotopic (exact) mass is 396 g/mol. The van der Waals surface area contributed by atoms with Crippen LogP contribution in [0.4, 0.5) is 0 Å². The Labute approximate surface area is 151 Å². The zero-order valence-corrected chi connectivity index (χ0v) is 15.6. The smallest absolute Gasteiger partial charge is 0.229 e. The molecule has 5 fully saturated rings. The van der Waals surface area contributed by atoms with Crippen molar-refractivity contribution in [2.45, 2.75) is 62.1 Å². The predicted octanol–water partition coefficient (Wildman–Crippen LogP) is 2.38. The number of rotatable bonds is 5. The summed E-state index contributed by atoms with van der Waals surface area (Å²) in [5.74, 6) is 1.40. The first-order valence-corrected chi connectivity index (χ1v) is 9.95. The highest BCUT2D eigenvalue weighted by atomic mass is 79.9. The summed E-state index contributed by atoms with van der Waals surface area (Å²) in [4.78, 5) is 36.9. The Bertz CT molecular complexity index is 561. The third kappa shape index (κ3) is 3.02. The summed E-state index contributed by atoms with van der Waals surface area (Å²) in [7, 11) is 0. The molecular weight excluding hydrogens is 372 g/mol. The number of likely N-dealkylation sites (tertiary alicyclic amines) is 1. The maximum absolute atomic E-state index is 12.5. The number of halogens is 1. The van der Waals surface area contributed by atoms with Crippen LogP contribution in [0.1, 0.15) is 57.8 Å². The van der Waals surface area contributed by atoms with Crippen LogP contribution >= 0.6 is 15.9 Å². The highest BCUT2D eigenvalue weighted by Crippen LogP contribution is 2.65. The second-order valence-corrected chi connectivity index (χ2v) is 10.3. The molecule has 0 unspecified atom stereocenters. The van der Waals surface area contributed by atoms with Gasteiger partial charge in [-0.3, -0.25) is 19.3 Å². The first kappa shape index (κ1) is 16.6. The summed E-state index contributed by atoms with van der Waals surface area (Å²) in [5, 5.41) is 2.94. The molecule has 2 atom stereocenters. The standard InChI is InChI=1S/C18H25BrN2O3/c19-18-8-12-5-13(9-18)7-17(6-12,11-18)10-14(22)20-3-4-21-15(23)1-2-16(21)24/h12-13H,1-11H2,(H,20,22)/t12-,13-,17?,18?/m1/s1. The second-order valence-electron chi connectivity index (χ2n) is 8.58. The Kier molecular flexibility index (Phi) is 4.01. The van der Waals surface area contributed by atoms with Gasteiger partial charge in [0.2, 0.25) is 17.7 Å². The van der Waals surface area contributed by atoms with Crippen LogP contribution in [0.15, 0.2) is 0 Å². The number of hydrogen-bond donors (Lipinski definition) is 1. The van der Waals surface area contributed by atoms with E-state index < -0.39 is 0 Å². The molecule has 5 aliphatic rings. The predicted molar refractivity (Wildman–Crippen MR) is 92.4 cm³/mol. The van der Waals surface area contributed by atoms with Gasteiger partial charge in [-0.1, -0.05) is 15.9 Å². The zero-order chi connectivity index (χ0) is 16.9. The van der Waals surface area contributed by atoms with Crippen LogP contribution in [0.25, 0.3) is 0 Å². The molecule has 0 aromatic rings. The van der Waals surface area contributed by atoms with E-state index in [1.54, 1.807) is 0 Å².